The summed E-state index contributed by atoms with van der Waals surface area (Å²) in [5, 5.41) is 21.0. The van der Waals surface area contributed by atoms with Crippen molar-refractivity contribution in [3.63, 3.8) is 0 Å². The minimum absolute atomic E-state index is 0. The van der Waals surface area contributed by atoms with Crippen LogP contribution in [0.15, 0.2) is 60.7 Å². The number of fused-ring (bicyclic) bond motifs is 2. The number of benzene rings is 2. The molecule has 4 fully saturated rings. The van der Waals surface area contributed by atoms with E-state index in [2.05, 4.69) is 35.0 Å². The Labute approximate surface area is 314 Å². The first-order valence-corrected chi connectivity index (χ1v) is 17.9. The fourth-order valence-electron chi connectivity index (χ4n) is 8.94. The van der Waals surface area contributed by atoms with Crippen LogP contribution in [0.3, 0.4) is 0 Å². The number of rotatable bonds is 9. The number of likely N-dealkylation sites (tertiary alicyclic amines) is 1. The Balaban J connectivity index is 0.000000255. The molecule has 1 saturated carbocycles. The first kappa shape index (κ1) is 41.6. The summed E-state index contributed by atoms with van der Waals surface area (Å²) in [6.07, 6.45) is 9.04. The predicted molar refractivity (Wildman–Crippen MR) is 182 cm³/mol. The van der Waals surface area contributed by atoms with Gasteiger partial charge < -0.3 is 62.6 Å². The lowest BCUT2D eigenvalue weighted by Gasteiger charge is -2.49. The summed E-state index contributed by atoms with van der Waals surface area (Å²) < 4.78 is 13.6. The molecule has 5 unspecified atom stereocenters. The zero-order valence-electron chi connectivity index (χ0n) is 30.0. The van der Waals surface area contributed by atoms with Gasteiger partial charge in [0.15, 0.2) is 11.7 Å². The van der Waals surface area contributed by atoms with Crippen molar-refractivity contribution in [2.75, 3.05) is 40.8 Å². The number of aliphatic hydroxyl groups excluding tert-OH is 1. The molecule has 2 aromatic carbocycles. The van der Waals surface area contributed by atoms with Gasteiger partial charge in [0.25, 0.3) is 0 Å². The van der Waals surface area contributed by atoms with Gasteiger partial charge in [0, 0.05) is 38.0 Å². The Bertz CT molecular complexity index is 1330. The van der Waals surface area contributed by atoms with Crippen LogP contribution in [0.1, 0.15) is 88.7 Å². The summed E-state index contributed by atoms with van der Waals surface area (Å²) in [6.45, 7) is 6.22. The highest BCUT2D eigenvalue weighted by atomic mass is 79.9. The summed E-state index contributed by atoms with van der Waals surface area (Å²) in [6, 6.07) is 20.5. The van der Waals surface area contributed by atoms with Gasteiger partial charge in [-0.15, -0.1) is 0 Å². The molecule has 0 amide bonds. The van der Waals surface area contributed by atoms with Crippen LogP contribution >= 0.6 is 0 Å². The molecule has 3 heterocycles. The first-order valence-electron chi connectivity index (χ1n) is 17.9. The molecule has 2 N–H and O–H groups in total. The summed E-state index contributed by atoms with van der Waals surface area (Å²) >= 11 is 0. The highest BCUT2D eigenvalue weighted by Gasteiger charge is 2.54. The van der Waals surface area contributed by atoms with Crippen LogP contribution in [0.2, 0.25) is 0 Å². The Morgan fingerprint density at radius 1 is 0.816 bits per heavy atom. The number of carbonyl (C=O) groups is 2. The number of piperidine rings is 1. The SMILES string of the molecule is CC(C)[N+]1(C)[C@@H]2CC[C@H]1CC(OC(=O)C(CO)c1ccccc1)C2.C[N+]1(C)CCC(OC(=O)C(O)(c2ccccc2)C2CCCC2)C1.[Br-].[Br-]. The molecule has 8 nitrogen and oxygen atoms in total. The van der Waals surface area contributed by atoms with Crippen molar-refractivity contribution < 1.29 is 72.2 Å². The first-order chi connectivity index (χ1) is 22.4. The van der Waals surface area contributed by atoms with E-state index in [9.17, 15) is 19.8 Å². The minimum Gasteiger partial charge on any atom is -1.00 e. The van der Waals surface area contributed by atoms with Crippen molar-refractivity contribution in [3.8, 4) is 0 Å². The maximum Gasteiger partial charge on any atom is 0.343 e. The van der Waals surface area contributed by atoms with Gasteiger partial charge >= 0.3 is 11.9 Å². The van der Waals surface area contributed by atoms with Crippen LogP contribution in [-0.2, 0) is 24.7 Å². The maximum absolute atomic E-state index is 12.9. The molecule has 6 rings (SSSR count). The molecule has 0 radical (unpaired) electrons. The topological polar surface area (TPSA) is 93.1 Å². The smallest absolute Gasteiger partial charge is 0.343 e. The number of aliphatic hydroxyl groups is 2. The van der Waals surface area contributed by atoms with Gasteiger partial charge in [0.05, 0.1) is 52.4 Å². The van der Waals surface area contributed by atoms with E-state index in [1.807, 2.05) is 60.7 Å². The second kappa shape index (κ2) is 17.6. The summed E-state index contributed by atoms with van der Waals surface area (Å²) in [7, 11) is 6.66. The summed E-state index contributed by atoms with van der Waals surface area (Å²) in [5.41, 5.74) is -0.00691. The number of hydrogen-bond acceptors (Lipinski definition) is 6. The fourth-order valence-corrected chi connectivity index (χ4v) is 8.94. The molecule has 10 heteroatoms. The molecule has 3 aliphatic heterocycles. The highest BCUT2D eigenvalue weighted by Crippen LogP contribution is 2.44. The number of carbonyl (C=O) groups excluding carboxylic acids is 2. The standard InChI is InChI=1S/C20H30NO3.C19H28NO3.2BrH/c1-14(2)21(3)16-9-10-17(21)12-18(11-16)24-20(23)19(13-22)15-7-5-4-6-8-15;1-20(2)13-12-17(14-20)23-18(21)19(22,16-10-6-7-11-16)15-8-4-3-5-9-15;;/h4-8,14,16-19,22H,9-13H2,1-3H3;3-5,8-9,16-17,22H,6-7,10-14H2,1-2H3;2*1H/q2*+1;;/p-2/t16-,17+,18?,19?,21?;;;. The molecule has 49 heavy (non-hydrogen) atoms. The fraction of sp³-hybridized carbons (Fsp3) is 0.641. The van der Waals surface area contributed by atoms with E-state index >= 15 is 0 Å². The number of ether oxygens (including phenoxy) is 2. The third kappa shape index (κ3) is 9.16. The van der Waals surface area contributed by atoms with Crippen molar-refractivity contribution in [1.29, 1.82) is 0 Å². The Morgan fingerprint density at radius 3 is 1.86 bits per heavy atom. The Morgan fingerprint density at radius 2 is 1.37 bits per heavy atom. The molecule has 274 valence electrons. The molecule has 0 spiro atoms. The molecule has 0 aromatic heterocycles. The van der Waals surface area contributed by atoms with Gasteiger partial charge in [-0.25, -0.2) is 4.79 Å². The zero-order chi connectivity index (χ0) is 33.8. The molecule has 2 aromatic rings. The van der Waals surface area contributed by atoms with Crippen molar-refractivity contribution in [3.05, 3.63) is 71.8 Å². The number of esters is 2. The predicted octanol–water partition coefficient (Wildman–Crippen LogP) is -0.682. The molecular weight excluding hydrogens is 752 g/mol. The van der Waals surface area contributed by atoms with Crippen LogP contribution in [0.4, 0.5) is 0 Å². The van der Waals surface area contributed by atoms with E-state index in [4.69, 9.17) is 9.47 Å². The van der Waals surface area contributed by atoms with Crippen molar-refractivity contribution in [1.82, 2.24) is 0 Å². The molecule has 4 aliphatic rings. The van der Waals surface area contributed by atoms with Crippen LogP contribution < -0.4 is 34.0 Å². The van der Waals surface area contributed by atoms with Gasteiger partial charge in [-0.1, -0.05) is 73.5 Å². The normalized spacial score (nSPS) is 29.0. The highest BCUT2D eigenvalue weighted by molar-refractivity contribution is 5.82. The van der Waals surface area contributed by atoms with E-state index in [1.165, 1.54) is 12.8 Å². The van der Waals surface area contributed by atoms with E-state index in [0.717, 1.165) is 72.6 Å². The van der Waals surface area contributed by atoms with Crippen LogP contribution in [0.5, 0.6) is 0 Å². The summed E-state index contributed by atoms with van der Waals surface area (Å²) in [5.74, 6) is -1.35. The number of nitrogens with zero attached hydrogens (tertiary/aromatic N) is 2. The van der Waals surface area contributed by atoms with Gasteiger partial charge in [0.1, 0.15) is 18.6 Å². The van der Waals surface area contributed by atoms with Crippen LogP contribution in [-0.4, -0.2) is 102 Å². The zero-order valence-corrected chi connectivity index (χ0v) is 33.2. The molecule has 7 atom stereocenters. The second-order valence-corrected chi connectivity index (χ2v) is 15.6. The van der Waals surface area contributed by atoms with E-state index in [1.54, 1.807) is 0 Å². The largest absolute Gasteiger partial charge is 1.00 e. The van der Waals surface area contributed by atoms with Gasteiger partial charge in [-0.05, 0) is 37.8 Å². The van der Waals surface area contributed by atoms with Gasteiger partial charge in [-0.2, -0.15) is 0 Å². The third-order valence-corrected chi connectivity index (χ3v) is 12.0. The lowest BCUT2D eigenvalue weighted by molar-refractivity contribution is -0.968. The number of hydrogen-bond donors (Lipinski definition) is 2. The van der Waals surface area contributed by atoms with E-state index < -0.39 is 17.5 Å². The van der Waals surface area contributed by atoms with Crippen molar-refractivity contribution in [2.24, 2.45) is 5.92 Å². The Hall–Kier alpha value is -1.82. The van der Waals surface area contributed by atoms with Gasteiger partial charge in [-0.3, -0.25) is 4.79 Å². The average Bonchev–Trinajstić information content (AvgIpc) is 3.75. The van der Waals surface area contributed by atoms with Crippen LogP contribution in [0, 0.1) is 5.92 Å². The molecule has 2 bridgehead atoms. The maximum atomic E-state index is 12.9. The molecule has 1 aliphatic carbocycles. The van der Waals surface area contributed by atoms with Crippen molar-refractivity contribution in [2.45, 2.75) is 113 Å². The third-order valence-electron chi connectivity index (χ3n) is 12.0. The molecule has 3 saturated heterocycles. The quantitative estimate of drug-likeness (QED) is 0.258. The average molecular weight is 811 g/mol. The van der Waals surface area contributed by atoms with E-state index in [-0.39, 0.29) is 64.7 Å². The second-order valence-electron chi connectivity index (χ2n) is 15.6. The minimum atomic E-state index is -1.50. The van der Waals surface area contributed by atoms with Gasteiger partial charge in [0.2, 0.25) is 0 Å². The number of halogens is 2. The number of quaternary nitrogens is 2. The summed E-state index contributed by atoms with van der Waals surface area (Å²) in [4.78, 5) is 25.5. The van der Waals surface area contributed by atoms with Crippen LogP contribution in [0.25, 0.3) is 0 Å². The molecular formula is C39H58Br2N2O6. The van der Waals surface area contributed by atoms with E-state index in [0.29, 0.717) is 23.7 Å². The Kier molecular flexibility index (Phi) is 14.9. The monoisotopic (exact) mass is 808 g/mol. The number of likely N-dealkylation sites (N-methyl/N-ethyl adjacent to an activating group) is 1. The lowest BCUT2D eigenvalue weighted by Crippen LogP contribution is -3.00. The van der Waals surface area contributed by atoms with Crippen molar-refractivity contribution >= 4 is 11.9 Å². The lowest BCUT2D eigenvalue weighted by atomic mass is 9.80.